The molecular weight excluding hydrogens is 454 g/mol. The number of ether oxygens (including phenoxy) is 1. The fourth-order valence-corrected chi connectivity index (χ4v) is 5.25. The average molecular weight is 490 g/mol. The summed E-state index contributed by atoms with van der Waals surface area (Å²) in [6.45, 7) is 4.74. The predicted molar refractivity (Wildman–Crippen MR) is 139 cm³/mol. The van der Waals surface area contributed by atoms with Crippen molar-refractivity contribution < 1.29 is 14.3 Å². The van der Waals surface area contributed by atoms with Crippen LogP contribution in [-0.2, 0) is 4.74 Å². The van der Waals surface area contributed by atoms with Gasteiger partial charge in [-0.3, -0.25) is 14.6 Å². The predicted octanol–water partition coefficient (Wildman–Crippen LogP) is 4.48. The molecule has 5 rings (SSSR count). The zero-order valence-corrected chi connectivity index (χ0v) is 20.8. The van der Waals surface area contributed by atoms with E-state index in [-0.39, 0.29) is 11.7 Å². The van der Waals surface area contributed by atoms with E-state index in [4.69, 9.17) is 4.74 Å². The van der Waals surface area contributed by atoms with Gasteiger partial charge in [0.1, 0.15) is 5.82 Å². The van der Waals surface area contributed by atoms with E-state index in [1.165, 1.54) is 6.42 Å². The van der Waals surface area contributed by atoms with Crippen molar-refractivity contribution in [1.29, 1.82) is 0 Å². The molecule has 2 aliphatic rings. The van der Waals surface area contributed by atoms with Crippen molar-refractivity contribution in [2.24, 2.45) is 5.92 Å². The van der Waals surface area contributed by atoms with Gasteiger partial charge >= 0.3 is 0 Å². The number of aromatic amines is 1. The number of hydrogen-bond donors (Lipinski definition) is 1. The monoisotopic (exact) mass is 489 g/mol. The molecule has 0 bridgehead atoms. The number of ketones is 1. The number of carbonyl (C=O) groups excluding carboxylic acids is 2. The molecule has 3 aromatic rings. The lowest BCUT2D eigenvalue weighted by Crippen LogP contribution is -2.39. The summed E-state index contributed by atoms with van der Waals surface area (Å²) in [6.07, 6.45) is 12.2. The van der Waals surface area contributed by atoms with Crippen LogP contribution >= 0.6 is 0 Å². The van der Waals surface area contributed by atoms with E-state index in [0.717, 1.165) is 88.2 Å². The highest BCUT2D eigenvalue weighted by Crippen LogP contribution is 2.25. The first-order chi connectivity index (χ1) is 17.7. The summed E-state index contributed by atoms with van der Waals surface area (Å²) in [5.74, 6) is 1.83. The van der Waals surface area contributed by atoms with E-state index in [1.807, 2.05) is 29.2 Å². The number of unbranched alkanes of at least 4 members (excludes halogenated alkanes) is 2. The Kier molecular flexibility index (Phi) is 7.91. The minimum atomic E-state index is 0.0840. The SMILES string of the molecule is O=C(CCCCCC1CCN(C(=O)c2ccc(N3CCOCC3)nc2)CC1)c1cc2cnccc2[nH]1. The first kappa shape index (κ1) is 24.4. The van der Waals surface area contributed by atoms with E-state index < -0.39 is 0 Å². The molecule has 8 heteroatoms. The van der Waals surface area contributed by atoms with E-state index >= 15 is 0 Å². The average Bonchev–Trinajstić information content (AvgIpc) is 3.38. The minimum Gasteiger partial charge on any atom is -0.378 e. The van der Waals surface area contributed by atoms with Crippen LogP contribution in [0.15, 0.2) is 42.9 Å². The summed E-state index contributed by atoms with van der Waals surface area (Å²) < 4.78 is 5.40. The Morgan fingerprint density at radius 1 is 1.00 bits per heavy atom. The fraction of sp³-hybridized carbons (Fsp3) is 0.500. The number of morpholine rings is 1. The van der Waals surface area contributed by atoms with Crippen molar-refractivity contribution in [1.82, 2.24) is 19.9 Å². The van der Waals surface area contributed by atoms with Crippen molar-refractivity contribution in [3.8, 4) is 0 Å². The molecule has 0 radical (unpaired) electrons. The lowest BCUT2D eigenvalue weighted by atomic mass is 9.90. The van der Waals surface area contributed by atoms with Gasteiger partial charge in [-0.05, 0) is 49.4 Å². The second-order valence-electron chi connectivity index (χ2n) is 9.91. The third-order valence-corrected chi connectivity index (χ3v) is 7.47. The van der Waals surface area contributed by atoms with Gasteiger partial charge in [0.25, 0.3) is 5.91 Å². The fourth-order valence-electron chi connectivity index (χ4n) is 5.25. The summed E-state index contributed by atoms with van der Waals surface area (Å²) in [5.41, 5.74) is 2.31. The smallest absolute Gasteiger partial charge is 0.255 e. The second kappa shape index (κ2) is 11.6. The van der Waals surface area contributed by atoms with E-state index in [0.29, 0.717) is 23.6 Å². The molecule has 190 valence electrons. The quantitative estimate of drug-likeness (QED) is 0.352. The molecule has 2 aliphatic heterocycles. The molecule has 3 aromatic heterocycles. The highest BCUT2D eigenvalue weighted by atomic mass is 16.5. The van der Waals surface area contributed by atoms with Gasteiger partial charge in [0.15, 0.2) is 5.78 Å². The largest absolute Gasteiger partial charge is 0.378 e. The molecule has 0 unspecified atom stereocenters. The lowest BCUT2D eigenvalue weighted by molar-refractivity contribution is 0.0685. The summed E-state index contributed by atoms with van der Waals surface area (Å²) >= 11 is 0. The van der Waals surface area contributed by atoms with Crippen molar-refractivity contribution in [3.05, 3.63) is 54.1 Å². The van der Waals surface area contributed by atoms with Crippen LogP contribution in [0.5, 0.6) is 0 Å². The van der Waals surface area contributed by atoms with Gasteiger partial charge in [0.2, 0.25) is 0 Å². The summed E-state index contributed by atoms with van der Waals surface area (Å²) in [7, 11) is 0. The van der Waals surface area contributed by atoms with Crippen LogP contribution in [-0.4, -0.2) is 70.9 Å². The number of carbonyl (C=O) groups is 2. The third kappa shape index (κ3) is 5.93. The van der Waals surface area contributed by atoms with Gasteiger partial charge in [-0.25, -0.2) is 4.98 Å². The third-order valence-electron chi connectivity index (χ3n) is 7.47. The molecular formula is C28H35N5O3. The van der Waals surface area contributed by atoms with Crippen LogP contribution in [0.2, 0.25) is 0 Å². The van der Waals surface area contributed by atoms with Crippen molar-refractivity contribution >= 4 is 28.4 Å². The van der Waals surface area contributed by atoms with Crippen molar-refractivity contribution in [2.75, 3.05) is 44.3 Å². The molecule has 36 heavy (non-hydrogen) atoms. The maximum absolute atomic E-state index is 12.9. The van der Waals surface area contributed by atoms with Crippen LogP contribution < -0.4 is 4.90 Å². The number of likely N-dealkylation sites (tertiary alicyclic amines) is 1. The van der Waals surface area contributed by atoms with Crippen molar-refractivity contribution in [3.63, 3.8) is 0 Å². The number of fused-ring (bicyclic) bond motifs is 1. The van der Waals surface area contributed by atoms with Crippen LogP contribution in [0.25, 0.3) is 10.9 Å². The zero-order valence-electron chi connectivity index (χ0n) is 20.8. The Bertz CT molecular complexity index is 1130. The van der Waals surface area contributed by atoms with Crippen molar-refractivity contribution in [2.45, 2.75) is 44.9 Å². The maximum Gasteiger partial charge on any atom is 0.255 e. The molecule has 0 aliphatic carbocycles. The second-order valence-corrected chi connectivity index (χ2v) is 9.91. The van der Waals surface area contributed by atoms with Crippen LogP contribution in [0, 0.1) is 5.92 Å². The highest BCUT2D eigenvalue weighted by Gasteiger charge is 2.24. The maximum atomic E-state index is 12.9. The molecule has 8 nitrogen and oxygen atoms in total. The lowest BCUT2D eigenvalue weighted by Gasteiger charge is -2.32. The first-order valence-electron chi connectivity index (χ1n) is 13.2. The van der Waals surface area contributed by atoms with Crippen LogP contribution in [0.3, 0.4) is 0 Å². The van der Waals surface area contributed by atoms with Gasteiger partial charge in [-0.1, -0.05) is 19.3 Å². The molecule has 1 N–H and O–H groups in total. The zero-order chi connectivity index (χ0) is 24.7. The van der Waals surface area contributed by atoms with Gasteiger partial charge in [0.05, 0.1) is 24.5 Å². The van der Waals surface area contributed by atoms with Gasteiger partial charge in [-0.15, -0.1) is 0 Å². The molecule has 2 saturated heterocycles. The summed E-state index contributed by atoms with van der Waals surface area (Å²) in [4.78, 5) is 41.4. The molecule has 5 heterocycles. The highest BCUT2D eigenvalue weighted by molar-refractivity contribution is 5.99. The Balaban J connectivity index is 0.991. The number of nitrogens with zero attached hydrogens (tertiary/aromatic N) is 4. The summed E-state index contributed by atoms with van der Waals surface area (Å²) in [5, 5.41) is 0.979. The van der Waals surface area contributed by atoms with Gasteiger partial charge in [0, 0.05) is 62.1 Å². The summed E-state index contributed by atoms with van der Waals surface area (Å²) in [6, 6.07) is 7.64. The Morgan fingerprint density at radius 3 is 2.58 bits per heavy atom. The number of pyridine rings is 2. The number of hydrogen-bond acceptors (Lipinski definition) is 6. The van der Waals surface area contributed by atoms with Gasteiger partial charge in [-0.2, -0.15) is 0 Å². The number of H-pyrrole nitrogens is 1. The molecule has 0 atom stereocenters. The molecule has 0 aromatic carbocycles. The van der Waals surface area contributed by atoms with E-state index in [2.05, 4.69) is 19.9 Å². The topological polar surface area (TPSA) is 91.4 Å². The van der Waals surface area contributed by atoms with E-state index in [9.17, 15) is 9.59 Å². The molecule has 0 spiro atoms. The minimum absolute atomic E-state index is 0.0840. The van der Waals surface area contributed by atoms with Gasteiger partial charge < -0.3 is 19.5 Å². The molecule has 2 fully saturated rings. The molecule has 0 saturated carbocycles. The molecule has 1 amide bonds. The number of aromatic nitrogens is 3. The Hall–Kier alpha value is -3.26. The number of nitrogens with one attached hydrogen (secondary N) is 1. The number of amides is 1. The van der Waals surface area contributed by atoms with Crippen LogP contribution in [0.4, 0.5) is 5.82 Å². The first-order valence-corrected chi connectivity index (χ1v) is 13.2. The van der Waals surface area contributed by atoms with Crippen LogP contribution in [0.1, 0.15) is 65.8 Å². The normalized spacial score (nSPS) is 17.0. The number of anilines is 1. The number of Topliss-reactive ketones (excluding diaryl/α,β-unsaturated/α-hetero) is 1. The number of piperidine rings is 1. The van der Waals surface area contributed by atoms with E-state index in [1.54, 1.807) is 18.6 Å². The Labute approximate surface area is 212 Å². The standard InChI is InChI=1S/C28H35N5O3/c34-26(25-18-23-19-29-11-8-24(23)31-25)5-3-1-2-4-21-9-12-33(13-10-21)28(35)22-6-7-27(30-20-22)32-14-16-36-17-15-32/h6-8,11,18-21,31H,1-5,9-10,12-17H2. The Morgan fingerprint density at radius 2 is 1.83 bits per heavy atom. The number of rotatable bonds is 9.